The summed E-state index contributed by atoms with van der Waals surface area (Å²) in [4.78, 5) is 14.9. The van der Waals surface area contributed by atoms with E-state index in [0.29, 0.717) is 23.0 Å². The van der Waals surface area contributed by atoms with Crippen LogP contribution >= 0.6 is 23.2 Å². The molecule has 0 bridgehead atoms. The van der Waals surface area contributed by atoms with Crippen LogP contribution in [0, 0.1) is 5.92 Å². The largest absolute Gasteiger partial charge is 0.481 e. The number of hydrogen-bond donors (Lipinski definition) is 1. The predicted octanol–water partition coefficient (Wildman–Crippen LogP) is 3.43. The molecule has 0 aliphatic carbocycles. The van der Waals surface area contributed by atoms with Gasteiger partial charge in [-0.15, -0.1) is 0 Å². The first-order valence-electron chi connectivity index (χ1n) is 5.07. The molecule has 0 aromatic carbocycles. The molecule has 1 aromatic heterocycles. The van der Waals surface area contributed by atoms with Crippen molar-refractivity contribution in [2.24, 2.45) is 5.92 Å². The molecule has 0 saturated carbocycles. The Morgan fingerprint density at radius 1 is 1.56 bits per heavy atom. The molecule has 0 saturated heterocycles. The SMILES string of the molecule is CCCC(Cc1cnc(Cl)cc1Cl)C(=O)O. The Labute approximate surface area is 104 Å². The average molecular weight is 262 g/mol. The maximum atomic E-state index is 11.0. The molecule has 1 unspecified atom stereocenters. The summed E-state index contributed by atoms with van der Waals surface area (Å²) >= 11 is 11.6. The summed E-state index contributed by atoms with van der Waals surface area (Å²) in [5.41, 5.74) is 0.729. The van der Waals surface area contributed by atoms with Crippen molar-refractivity contribution in [2.45, 2.75) is 26.2 Å². The van der Waals surface area contributed by atoms with E-state index >= 15 is 0 Å². The fourth-order valence-electron chi connectivity index (χ4n) is 1.51. The second kappa shape index (κ2) is 6.06. The van der Waals surface area contributed by atoms with Gasteiger partial charge in [0.15, 0.2) is 0 Å². The van der Waals surface area contributed by atoms with Gasteiger partial charge >= 0.3 is 5.97 Å². The number of carboxylic acids is 1. The van der Waals surface area contributed by atoms with Crippen LogP contribution in [0.4, 0.5) is 0 Å². The van der Waals surface area contributed by atoms with Crippen molar-refractivity contribution in [3.63, 3.8) is 0 Å². The Morgan fingerprint density at radius 2 is 2.25 bits per heavy atom. The zero-order chi connectivity index (χ0) is 12.1. The Balaban J connectivity index is 2.81. The summed E-state index contributed by atoms with van der Waals surface area (Å²) in [7, 11) is 0. The Bertz CT molecular complexity index is 382. The summed E-state index contributed by atoms with van der Waals surface area (Å²) < 4.78 is 0. The van der Waals surface area contributed by atoms with Crippen molar-refractivity contribution in [3.8, 4) is 0 Å². The van der Waals surface area contributed by atoms with Crippen LogP contribution < -0.4 is 0 Å². The van der Waals surface area contributed by atoms with Crippen LogP contribution in [0.1, 0.15) is 25.3 Å². The van der Waals surface area contributed by atoms with Crippen molar-refractivity contribution in [3.05, 3.63) is 28.0 Å². The second-order valence-electron chi connectivity index (χ2n) is 3.63. The molecule has 0 fully saturated rings. The van der Waals surface area contributed by atoms with Crippen LogP contribution in [0.15, 0.2) is 12.3 Å². The van der Waals surface area contributed by atoms with Gasteiger partial charge in [0, 0.05) is 11.2 Å². The highest BCUT2D eigenvalue weighted by atomic mass is 35.5. The van der Waals surface area contributed by atoms with Gasteiger partial charge in [0.1, 0.15) is 5.15 Å². The van der Waals surface area contributed by atoms with E-state index < -0.39 is 11.9 Å². The molecule has 0 aliphatic rings. The number of aromatic nitrogens is 1. The standard InChI is InChI=1S/C11H13Cl2NO2/c1-2-3-7(11(15)16)4-8-6-14-10(13)5-9(8)12/h5-7H,2-4H2,1H3,(H,15,16). The highest BCUT2D eigenvalue weighted by Crippen LogP contribution is 2.23. The van der Waals surface area contributed by atoms with E-state index in [1.807, 2.05) is 6.92 Å². The summed E-state index contributed by atoms with van der Waals surface area (Å²) in [6.07, 6.45) is 3.40. The third-order valence-electron chi connectivity index (χ3n) is 2.35. The van der Waals surface area contributed by atoms with Crippen LogP contribution in [0.3, 0.4) is 0 Å². The lowest BCUT2D eigenvalue weighted by Crippen LogP contribution is -2.16. The summed E-state index contributed by atoms with van der Waals surface area (Å²) in [6, 6.07) is 1.53. The molecule has 5 heteroatoms. The molecule has 3 nitrogen and oxygen atoms in total. The number of halogens is 2. The van der Waals surface area contributed by atoms with Crippen LogP contribution in [0.25, 0.3) is 0 Å². The zero-order valence-electron chi connectivity index (χ0n) is 8.91. The number of nitrogens with zero attached hydrogens (tertiary/aromatic N) is 1. The quantitative estimate of drug-likeness (QED) is 0.827. The minimum absolute atomic E-state index is 0.316. The number of aliphatic carboxylic acids is 1. The van der Waals surface area contributed by atoms with Crippen LogP contribution in [-0.4, -0.2) is 16.1 Å². The van der Waals surface area contributed by atoms with Crippen LogP contribution in [0.5, 0.6) is 0 Å². The number of pyridine rings is 1. The van der Waals surface area contributed by atoms with E-state index in [1.54, 1.807) is 0 Å². The fourth-order valence-corrected chi connectivity index (χ4v) is 1.96. The molecule has 0 aliphatic heterocycles. The van der Waals surface area contributed by atoms with Crippen LogP contribution in [0.2, 0.25) is 10.2 Å². The van der Waals surface area contributed by atoms with Gasteiger partial charge in [-0.2, -0.15) is 0 Å². The topological polar surface area (TPSA) is 50.2 Å². The minimum atomic E-state index is -0.798. The fraction of sp³-hybridized carbons (Fsp3) is 0.455. The molecule has 1 atom stereocenters. The molecule has 16 heavy (non-hydrogen) atoms. The first-order chi connectivity index (χ1) is 7.54. The van der Waals surface area contributed by atoms with Gasteiger partial charge in [-0.05, 0) is 24.5 Å². The van der Waals surface area contributed by atoms with Crippen molar-refractivity contribution in [1.82, 2.24) is 4.98 Å². The molecule has 1 N–H and O–H groups in total. The Kier molecular flexibility index (Phi) is 5.03. The number of carboxylic acid groups (broad SMARTS) is 1. The molecule has 0 radical (unpaired) electrons. The van der Waals surface area contributed by atoms with Gasteiger partial charge in [-0.25, -0.2) is 4.98 Å². The molecule has 0 spiro atoms. The lowest BCUT2D eigenvalue weighted by Gasteiger charge is -2.11. The van der Waals surface area contributed by atoms with Crippen molar-refractivity contribution >= 4 is 29.2 Å². The lowest BCUT2D eigenvalue weighted by atomic mass is 9.96. The van der Waals surface area contributed by atoms with Crippen molar-refractivity contribution in [2.75, 3.05) is 0 Å². The first kappa shape index (κ1) is 13.3. The normalized spacial score (nSPS) is 12.4. The first-order valence-corrected chi connectivity index (χ1v) is 5.83. The monoisotopic (exact) mass is 261 g/mol. The molecule has 0 amide bonds. The van der Waals surface area contributed by atoms with E-state index in [-0.39, 0.29) is 0 Å². The van der Waals surface area contributed by atoms with E-state index in [9.17, 15) is 4.79 Å². The molecular formula is C11H13Cl2NO2. The van der Waals surface area contributed by atoms with Crippen molar-refractivity contribution in [1.29, 1.82) is 0 Å². The summed E-state index contributed by atoms with van der Waals surface area (Å²) in [6.45, 7) is 1.96. The number of hydrogen-bond acceptors (Lipinski definition) is 2. The maximum absolute atomic E-state index is 11.0. The highest BCUT2D eigenvalue weighted by molar-refractivity contribution is 6.34. The molecular weight excluding hydrogens is 249 g/mol. The van der Waals surface area contributed by atoms with Gasteiger partial charge in [0.05, 0.1) is 5.92 Å². The van der Waals surface area contributed by atoms with E-state index in [1.165, 1.54) is 12.3 Å². The minimum Gasteiger partial charge on any atom is -0.481 e. The smallest absolute Gasteiger partial charge is 0.306 e. The second-order valence-corrected chi connectivity index (χ2v) is 4.42. The lowest BCUT2D eigenvalue weighted by molar-refractivity contribution is -0.141. The van der Waals surface area contributed by atoms with E-state index in [4.69, 9.17) is 28.3 Å². The summed E-state index contributed by atoms with van der Waals surface area (Å²) in [5.74, 6) is -1.21. The average Bonchev–Trinajstić information content (AvgIpc) is 2.20. The van der Waals surface area contributed by atoms with Gasteiger partial charge in [0.2, 0.25) is 0 Å². The van der Waals surface area contributed by atoms with Gasteiger partial charge < -0.3 is 5.11 Å². The molecule has 1 rings (SSSR count). The van der Waals surface area contributed by atoms with E-state index in [2.05, 4.69) is 4.98 Å². The predicted molar refractivity (Wildman–Crippen MR) is 64.0 cm³/mol. The third kappa shape index (κ3) is 3.65. The maximum Gasteiger partial charge on any atom is 0.306 e. The Morgan fingerprint density at radius 3 is 2.75 bits per heavy atom. The number of rotatable bonds is 5. The van der Waals surface area contributed by atoms with Gasteiger partial charge in [-0.1, -0.05) is 36.5 Å². The van der Waals surface area contributed by atoms with Gasteiger partial charge in [0.25, 0.3) is 0 Å². The highest BCUT2D eigenvalue weighted by Gasteiger charge is 2.18. The molecule has 1 aromatic rings. The Hall–Kier alpha value is -0.800. The van der Waals surface area contributed by atoms with Crippen LogP contribution in [-0.2, 0) is 11.2 Å². The van der Waals surface area contributed by atoms with E-state index in [0.717, 1.165) is 12.0 Å². The number of carbonyl (C=O) groups is 1. The van der Waals surface area contributed by atoms with Gasteiger partial charge in [-0.3, -0.25) is 4.79 Å². The van der Waals surface area contributed by atoms with Crippen molar-refractivity contribution < 1.29 is 9.90 Å². The summed E-state index contributed by atoms with van der Waals surface area (Å²) in [5, 5.41) is 9.81. The zero-order valence-corrected chi connectivity index (χ0v) is 10.4. The molecule has 1 heterocycles. The molecule has 88 valence electrons. The third-order valence-corrected chi connectivity index (χ3v) is 2.91.